The maximum absolute atomic E-state index is 5.60. The Morgan fingerprint density at radius 3 is 2.78 bits per heavy atom. The molecule has 2 unspecified atom stereocenters. The van der Waals surface area contributed by atoms with E-state index >= 15 is 0 Å². The van der Waals surface area contributed by atoms with Crippen LogP contribution in [0.15, 0.2) is 18.2 Å². The third-order valence-corrected chi connectivity index (χ3v) is 4.04. The second kappa shape index (κ2) is 5.19. The summed E-state index contributed by atoms with van der Waals surface area (Å²) >= 11 is 0. The molecule has 1 heterocycles. The van der Waals surface area contributed by atoms with Gasteiger partial charge in [0.25, 0.3) is 0 Å². The molecule has 3 nitrogen and oxygen atoms in total. The third kappa shape index (κ3) is 2.46. The van der Waals surface area contributed by atoms with Gasteiger partial charge in [-0.05, 0) is 36.5 Å². The fourth-order valence-corrected chi connectivity index (χ4v) is 2.90. The topological polar surface area (TPSA) is 30.5 Å². The molecule has 2 atom stereocenters. The fraction of sp³-hybridized carbons (Fsp3) is 0.600. The number of benzene rings is 1. The smallest absolute Gasteiger partial charge is 0.161 e. The lowest BCUT2D eigenvalue weighted by Gasteiger charge is -2.20. The van der Waals surface area contributed by atoms with Crippen LogP contribution in [-0.4, -0.2) is 19.3 Å². The van der Waals surface area contributed by atoms with Crippen LogP contribution in [-0.2, 0) is 6.54 Å². The molecule has 18 heavy (non-hydrogen) atoms. The lowest BCUT2D eigenvalue weighted by molar-refractivity contribution is 0.171. The van der Waals surface area contributed by atoms with E-state index in [-0.39, 0.29) is 0 Å². The molecule has 0 aromatic heterocycles. The average Bonchev–Trinajstić information content (AvgIpc) is 2.82. The van der Waals surface area contributed by atoms with Crippen molar-refractivity contribution in [3.63, 3.8) is 0 Å². The summed E-state index contributed by atoms with van der Waals surface area (Å²) in [5, 5.41) is 3.66. The van der Waals surface area contributed by atoms with Gasteiger partial charge in [0.2, 0.25) is 0 Å². The summed E-state index contributed by atoms with van der Waals surface area (Å²) in [6.45, 7) is 4.58. The van der Waals surface area contributed by atoms with Gasteiger partial charge < -0.3 is 14.8 Å². The number of nitrogens with one attached hydrogen (secondary N) is 1. The molecule has 1 N–H and O–H groups in total. The van der Waals surface area contributed by atoms with E-state index in [2.05, 4.69) is 24.4 Å². The maximum Gasteiger partial charge on any atom is 0.161 e. The van der Waals surface area contributed by atoms with Crippen molar-refractivity contribution in [2.24, 2.45) is 5.92 Å². The van der Waals surface area contributed by atoms with E-state index in [0.717, 1.165) is 24.0 Å². The molecule has 1 aliphatic heterocycles. The van der Waals surface area contributed by atoms with Crippen LogP contribution in [0.2, 0.25) is 0 Å². The predicted octanol–water partition coefficient (Wildman–Crippen LogP) is 2.74. The molecule has 98 valence electrons. The molecule has 1 aromatic rings. The molecule has 0 amide bonds. The minimum Gasteiger partial charge on any atom is -0.486 e. The first kappa shape index (κ1) is 11.8. The van der Waals surface area contributed by atoms with Crippen molar-refractivity contribution < 1.29 is 9.47 Å². The van der Waals surface area contributed by atoms with Gasteiger partial charge in [0, 0.05) is 12.6 Å². The molecule has 0 saturated heterocycles. The van der Waals surface area contributed by atoms with Crippen molar-refractivity contribution in [1.29, 1.82) is 0 Å². The maximum atomic E-state index is 5.60. The molecule has 3 heteroatoms. The molecule has 0 bridgehead atoms. The molecule has 0 spiro atoms. The lowest BCUT2D eigenvalue weighted by Crippen LogP contribution is -2.30. The highest BCUT2D eigenvalue weighted by molar-refractivity contribution is 5.43. The van der Waals surface area contributed by atoms with Crippen LogP contribution in [0.1, 0.15) is 31.7 Å². The summed E-state index contributed by atoms with van der Waals surface area (Å²) in [4.78, 5) is 0. The number of ether oxygens (including phenoxy) is 2. The molecule has 1 fully saturated rings. The van der Waals surface area contributed by atoms with Crippen molar-refractivity contribution in [2.45, 2.75) is 38.8 Å². The average molecular weight is 247 g/mol. The van der Waals surface area contributed by atoms with Crippen molar-refractivity contribution in [1.82, 2.24) is 5.32 Å². The van der Waals surface area contributed by atoms with E-state index in [9.17, 15) is 0 Å². The standard InChI is InChI=1S/C15H21NO2/c1-11-3-2-4-13(11)16-10-12-5-6-14-15(9-12)18-8-7-17-14/h5-6,9,11,13,16H,2-4,7-8,10H2,1H3. The van der Waals surface area contributed by atoms with Crippen LogP contribution in [0.25, 0.3) is 0 Å². The first-order valence-electron chi connectivity index (χ1n) is 6.95. The number of fused-ring (bicyclic) bond motifs is 1. The molecule has 1 aliphatic carbocycles. The van der Waals surface area contributed by atoms with E-state index in [4.69, 9.17) is 9.47 Å². The van der Waals surface area contributed by atoms with Crippen LogP contribution >= 0.6 is 0 Å². The molecule has 2 aliphatic rings. The van der Waals surface area contributed by atoms with Gasteiger partial charge in [-0.3, -0.25) is 0 Å². The molecule has 1 aromatic carbocycles. The highest BCUT2D eigenvalue weighted by Gasteiger charge is 2.22. The van der Waals surface area contributed by atoms with Gasteiger partial charge >= 0.3 is 0 Å². The van der Waals surface area contributed by atoms with Crippen LogP contribution in [0.4, 0.5) is 0 Å². The van der Waals surface area contributed by atoms with E-state index in [1.54, 1.807) is 0 Å². The van der Waals surface area contributed by atoms with Crippen molar-refractivity contribution >= 4 is 0 Å². The minimum atomic E-state index is 0.656. The van der Waals surface area contributed by atoms with Gasteiger partial charge in [-0.25, -0.2) is 0 Å². The Balaban J connectivity index is 1.62. The van der Waals surface area contributed by atoms with Gasteiger partial charge in [-0.15, -0.1) is 0 Å². The monoisotopic (exact) mass is 247 g/mol. The second-order valence-electron chi connectivity index (χ2n) is 5.37. The summed E-state index contributed by atoms with van der Waals surface area (Å²) in [6, 6.07) is 6.92. The van der Waals surface area contributed by atoms with Crippen molar-refractivity contribution in [2.75, 3.05) is 13.2 Å². The Morgan fingerprint density at radius 2 is 2.00 bits per heavy atom. The molecular weight excluding hydrogens is 226 g/mol. The Kier molecular flexibility index (Phi) is 3.41. The van der Waals surface area contributed by atoms with Crippen molar-refractivity contribution in [3.05, 3.63) is 23.8 Å². The zero-order chi connectivity index (χ0) is 12.4. The fourth-order valence-electron chi connectivity index (χ4n) is 2.90. The quantitative estimate of drug-likeness (QED) is 0.891. The summed E-state index contributed by atoms with van der Waals surface area (Å²) in [5.74, 6) is 2.57. The van der Waals surface area contributed by atoms with Gasteiger partial charge in [-0.2, -0.15) is 0 Å². The van der Waals surface area contributed by atoms with E-state index < -0.39 is 0 Å². The van der Waals surface area contributed by atoms with E-state index in [0.29, 0.717) is 19.3 Å². The summed E-state index contributed by atoms with van der Waals surface area (Å²) in [7, 11) is 0. The third-order valence-electron chi connectivity index (χ3n) is 4.04. The van der Waals surface area contributed by atoms with Crippen molar-refractivity contribution in [3.8, 4) is 11.5 Å². The van der Waals surface area contributed by atoms with Crippen LogP contribution in [0.3, 0.4) is 0 Å². The number of rotatable bonds is 3. The van der Waals surface area contributed by atoms with Crippen LogP contribution in [0.5, 0.6) is 11.5 Å². The summed E-state index contributed by atoms with van der Waals surface area (Å²) < 4.78 is 11.1. The van der Waals surface area contributed by atoms with Crippen LogP contribution < -0.4 is 14.8 Å². The summed E-state index contributed by atoms with van der Waals surface area (Å²) in [6.07, 6.45) is 4.03. The molecular formula is C15H21NO2. The number of hydrogen-bond donors (Lipinski definition) is 1. The van der Waals surface area contributed by atoms with Gasteiger partial charge in [-0.1, -0.05) is 19.4 Å². The Bertz CT molecular complexity index is 419. The first-order chi connectivity index (χ1) is 8.83. The zero-order valence-corrected chi connectivity index (χ0v) is 10.9. The molecule has 1 saturated carbocycles. The Hall–Kier alpha value is -1.22. The van der Waals surface area contributed by atoms with E-state index in [1.165, 1.54) is 24.8 Å². The van der Waals surface area contributed by atoms with Crippen LogP contribution in [0, 0.1) is 5.92 Å². The normalized spacial score (nSPS) is 26.3. The highest BCUT2D eigenvalue weighted by Crippen LogP contribution is 2.31. The van der Waals surface area contributed by atoms with Gasteiger partial charge in [0.05, 0.1) is 0 Å². The lowest BCUT2D eigenvalue weighted by atomic mass is 10.1. The highest BCUT2D eigenvalue weighted by atomic mass is 16.6. The minimum absolute atomic E-state index is 0.656. The predicted molar refractivity (Wildman–Crippen MR) is 71.1 cm³/mol. The first-order valence-corrected chi connectivity index (χ1v) is 6.95. The van der Waals surface area contributed by atoms with Gasteiger partial charge in [0.15, 0.2) is 11.5 Å². The SMILES string of the molecule is CC1CCCC1NCc1ccc2c(c1)OCCO2. The van der Waals surface area contributed by atoms with Gasteiger partial charge in [0.1, 0.15) is 13.2 Å². The summed E-state index contributed by atoms with van der Waals surface area (Å²) in [5.41, 5.74) is 1.28. The zero-order valence-electron chi connectivity index (χ0n) is 10.9. The Morgan fingerprint density at radius 1 is 1.17 bits per heavy atom. The molecule has 0 radical (unpaired) electrons. The largest absolute Gasteiger partial charge is 0.486 e. The van der Waals surface area contributed by atoms with E-state index in [1.807, 2.05) is 6.07 Å². The number of hydrogen-bond acceptors (Lipinski definition) is 3. The second-order valence-corrected chi connectivity index (χ2v) is 5.37. The Labute approximate surface area is 108 Å². The molecule has 3 rings (SSSR count).